The van der Waals surface area contributed by atoms with Crippen LogP contribution in [-0.2, 0) is 16.1 Å². The number of carbonyl (C=O) groups is 2. The second kappa shape index (κ2) is 8.42. The second-order valence-corrected chi connectivity index (χ2v) is 5.98. The van der Waals surface area contributed by atoms with E-state index in [1.807, 2.05) is 12.1 Å². The molecular formula is C19H22N2O5. The number of hydrogen-bond donors (Lipinski definition) is 1. The number of methoxy groups -OCH3 is 1. The van der Waals surface area contributed by atoms with Crippen LogP contribution in [0.1, 0.15) is 18.6 Å². The molecule has 1 N–H and O–H groups in total. The molecule has 1 aromatic heterocycles. The van der Waals surface area contributed by atoms with Crippen molar-refractivity contribution in [2.45, 2.75) is 25.4 Å². The van der Waals surface area contributed by atoms with Gasteiger partial charge in [-0.3, -0.25) is 9.59 Å². The Labute approximate surface area is 151 Å². The average molecular weight is 358 g/mol. The van der Waals surface area contributed by atoms with Crippen molar-refractivity contribution in [1.82, 2.24) is 10.2 Å². The van der Waals surface area contributed by atoms with E-state index in [0.29, 0.717) is 36.8 Å². The third kappa shape index (κ3) is 4.17. The molecule has 3 rings (SSSR count). The highest BCUT2D eigenvalue weighted by atomic mass is 16.5. The Hall–Kier alpha value is -2.96. The lowest BCUT2D eigenvalue weighted by molar-refractivity contribution is -0.140. The minimum absolute atomic E-state index is 0.137. The number of carbonyl (C=O) groups excluding carboxylic acids is 2. The molecule has 2 aromatic rings. The predicted octanol–water partition coefficient (Wildman–Crippen LogP) is 1.97. The molecule has 0 bridgehead atoms. The molecule has 1 aromatic carbocycles. The Morgan fingerprint density at radius 1 is 1.23 bits per heavy atom. The van der Waals surface area contributed by atoms with Gasteiger partial charge in [0.15, 0.2) is 18.1 Å². The minimum Gasteiger partial charge on any atom is -0.493 e. The van der Waals surface area contributed by atoms with E-state index in [0.717, 1.165) is 6.42 Å². The first-order chi connectivity index (χ1) is 12.7. The fourth-order valence-corrected chi connectivity index (χ4v) is 3.00. The standard InChI is InChI=1S/C19H22N2O5/c1-24-16-8-2-3-9-17(16)26-13-18(22)21-10-4-7-15(21)19(23)20-12-14-6-5-11-25-14/h2-3,5-6,8-9,11,15H,4,7,10,12-13H2,1H3,(H,20,23). The third-order valence-corrected chi connectivity index (χ3v) is 4.31. The number of amides is 2. The molecule has 0 spiro atoms. The van der Waals surface area contributed by atoms with Gasteiger partial charge in [0, 0.05) is 6.54 Å². The lowest BCUT2D eigenvalue weighted by atomic mass is 10.2. The van der Waals surface area contributed by atoms with E-state index >= 15 is 0 Å². The molecule has 0 radical (unpaired) electrons. The third-order valence-electron chi connectivity index (χ3n) is 4.31. The van der Waals surface area contributed by atoms with Crippen molar-refractivity contribution in [3.8, 4) is 11.5 Å². The number of furan rings is 1. The van der Waals surface area contributed by atoms with Gasteiger partial charge in [-0.1, -0.05) is 12.1 Å². The minimum atomic E-state index is -0.473. The number of hydrogen-bond acceptors (Lipinski definition) is 5. The quantitative estimate of drug-likeness (QED) is 0.818. The van der Waals surface area contributed by atoms with Crippen molar-refractivity contribution in [2.75, 3.05) is 20.3 Å². The summed E-state index contributed by atoms with van der Waals surface area (Å²) in [5, 5.41) is 2.82. The number of benzene rings is 1. The smallest absolute Gasteiger partial charge is 0.261 e. The molecule has 26 heavy (non-hydrogen) atoms. The fraction of sp³-hybridized carbons (Fsp3) is 0.368. The van der Waals surface area contributed by atoms with Gasteiger partial charge < -0.3 is 24.1 Å². The van der Waals surface area contributed by atoms with Crippen molar-refractivity contribution in [3.63, 3.8) is 0 Å². The van der Waals surface area contributed by atoms with Crippen LogP contribution in [-0.4, -0.2) is 43.0 Å². The molecule has 2 heterocycles. The zero-order valence-corrected chi connectivity index (χ0v) is 14.6. The molecule has 1 saturated heterocycles. The number of nitrogens with one attached hydrogen (secondary N) is 1. The van der Waals surface area contributed by atoms with Crippen LogP contribution in [0.4, 0.5) is 0 Å². The number of likely N-dealkylation sites (tertiary alicyclic amines) is 1. The van der Waals surface area contributed by atoms with Crippen LogP contribution in [0, 0.1) is 0 Å². The molecular weight excluding hydrogens is 336 g/mol. The van der Waals surface area contributed by atoms with Crippen LogP contribution in [0.5, 0.6) is 11.5 Å². The zero-order valence-electron chi connectivity index (χ0n) is 14.6. The van der Waals surface area contributed by atoms with Gasteiger partial charge in [-0.15, -0.1) is 0 Å². The lowest BCUT2D eigenvalue weighted by Crippen LogP contribution is -2.47. The first kappa shape index (κ1) is 17.8. The van der Waals surface area contributed by atoms with E-state index in [1.54, 1.807) is 42.5 Å². The van der Waals surface area contributed by atoms with E-state index in [9.17, 15) is 9.59 Å². The topological polar surface area (TPSA) is 81.0 Å². The number of para-hydroxylation sites is 2. The molecule has 0 saturated carbocycles. The van der Waals surface area contributed by atoms with Gasteiger partial charge in [0.25, 0.3) is 5.91 Å². The summed E-state index contributed by atoms with van der Waals surface area (Å²) >= 11 is 0. The predicted molar refractivity (Wildman–Crippen MR) is 93.8 cm³/mol. The maximum Gasteiger partial charge on any atom is 0.261 e. The SMILES string of the molecule is COc1ccccc1OCC(=O)N1CCCC1C(=O)NCc1ccco1. The largest absolute Gasteiger partial charge is 0.493 e. The number of ether oxygens (including phenoxy) is 2. The summed E-state index contributed by atoms with van der Waals surface area (Å²) in [6.45, 7) is 0.720. The summed E-state index contributed by atoms with van der Waals surface area (Å²) in [5.41, 5.74) is 0. The van der Waals surface area contributed by atoms with Crippen molar-refractivity contribution in [3.05, 3.63) is 48.4 Å². The Morgan fingerprint density at radius 3 is 2.77 bits per heavy atom. The first-order valence-electron chi connectivity index (χ1n) is 8.54. The molecule has 1 fully saturated rings. The Morgan fingerprint density at radius 2 is 2.04 bits per heavy atom. The molecule has 7 heteroatoms. The van der Waals surface area contributed by atoms with Crippen molar-refractivity contribution in [2.24, 2.45) is 0 Å². The summed E-state index contributed by atoms with van der Waals surface area (Å²) in [6.07, 6.45) is 2.99. The second-order valence-electron chi connectivity index (χ2n) is 5.98. The lowest BCUT2D eigenvalue weighted by Gasteiger charge is -2.24. The van der Waals surface area contributed by atoms with Crippen molar-refractivity contribution in [1.29, 1.82) is 0 Å². The zero-order chi connectivity index (χ0) is 18.4. The van der Waals surface area contributed by atoms with Gasteiger partial charge in [-0.25, -0.2) is 0 Å². The maximum atomic E-state index is 12.5. The number of rotatable bonds is 7. The van der Waals surface area contributed by atoms with Crippen molar-refractivity contribution >= 4 is 11.8 Å². The van der Waals surface area contributed by atoms with Gasteiger partial charge in [0.2, 0.25) is 5.91 Å². The highest BCUT2D eigenvalue weighted by Gasteiger charge is 2.34. The van der Waals surface area contributed by atoms with Crippen LogP contribution in [0.15, 0.2) is 47.1 Å². The van der Waals surface area contributed by atoms with Gasteiger partial charge in [-0.05, 0) is 37.1 Å². The summed E-state index contributed by atoms with van der Waals surface area (Å²) in [5.74, 6) is 1.35. The van der Waals surface area contributed by atoms with E-state index in [4.69, 9.17) is 13.9 Å². The molecule has 1 unspecified atom stereocenters. The number of nitrogens with zero attached hydrogens (tertiary/aromatic N) is 1. The van der Waals surface area contributed by atoms with Crippen LogP contribution in [0.3, 0.4) is 0 Å². The molecule has 1 atom stereocenters. The molecule has 1 aliphatic rings. The summed E-state index contributed by atoms with van der Waals surface area (Å²) in [4.78, 5) is 26.5. The van der Waals surface area contributed by atoms with Gasteiger partial charge in [0.1, 0.15) is 11.8 Å². The van der Waals surface area contributed by atoms with Gasteiger partial charge in [-0.2, -0.15) is 0 Å². The van der Waals surface area contributed by atoms with Gasteiger partial charge >= 0.3 is 0 Å². The summed E-state index contributed by atoms with van der Waals surface area (Å²) in [7, 11) is 1.55. The molecule has 0 aliphatic carbocycles. The van der Waals surface area contributed by atoms with E-state index < -0.39 is 6.04 Å². The monoisotopic (exact) mass is 358 g/mol. The first-order valence-corrected chi connectivity index (χ1v) is 8.54. The van der Waals surface area contributed by atoms with Crippen LogP contribution >= 0.6 is 0 Å². The normalized spacial score (nSPS) is 16.3. The van der Waals surface area contributed by atoms with Crippen LogP contribution in [0.2, 0.25) is 0 Å². The maximum absolute atomic E-state index is 12.5. The Balaban J connectivity index is 1.55. The molecule has 7 nitrogen and oxygen atoms in total. The van der Waals surface area contributed by atoms with Crippen molar-refractivity contribution < 1.29 is 23.5 Å². The highest BCUT2D eigenvalue weighted by Crippen LogP contribution is 2.26. The summed E-state index contributed by atoms with van der Waals surface area (Å²) in [6, 6.07) is 10.2. The van der Waals surface area contributed by atoms with E-state index in [2.05, 4.69) is 5.32 Å². The highest BCUT2D eigenvalue weighted by molar-refractivity contribution is 5.88. The van der Waals surface area contributed by atoms with E-state index in [1.165, 1.54) is 0 Å². The summed E-state index contributed by atoms with van der Waals surface area (Å²) < 4.78 is 16.0. The molecule has 2 amide bonds. The average Bonchev–Trinajstić information content (AvgIpc) is 3.36. The molecule has 1 aliphatic heterocycles. The van der Waals surface area contributed by atoms with Gasteiger partial charge in [0.05, 0.1) is 19.9 Å². The van der Waals surface area contributed by atoms with E-state index in [-0.39, 0.29) is 18.4 Å². The Bertz CT molecular complexity index is 744. The molecule has 138 valence electrons. The van der Waals surface area contributed by atoms with Crippen LogP contribution < -0.4 is 14.8 Å². The van der Waals surface area contributed by atoms with Crippen LogP contribution in [0.25, 0.3) is 0 Å². The Kier molecular flexibility index (Phi) is 5.78. The fourth-order valence-electron chi connectivity index (χ4n) is 3.00.